The number of ether oxygens (including phenoxy) is 1. The molecule has 0 aliphatic carbocycles. The number of likely N-dealkylation sites (tertiary alicyclic amines) is 1. The maximum absolute atomic E-state index is 12.7. The predicted octanol–water partition coefficient (Wildman–Crippen LogP) is 4.87. The quantitative estimate of drug-likeness (QED) is 0.750. The summed E-state index contributed by atoms with van der Waals surface area (Å²) in [6.07, 6.45) is 1.71. The van der Waals surface area contributed by atoms with E-state index < -0.39 is 5.60 Å². The second kappa shape index (κ2) is 7.04. The molecule has 1 amide bonds. The van der Waals surface area contributed by atoms with Crippen LogP contribution in [0.25, 0.3) is 0 Å². The minimum atomic E-state index is -0.551. The first-order chi connectivity index (χ1) is 10.7. The molecule has 0 aromatic heterocycles. The van der Waals surface area contributed by atoms with Crippen molar-refractivity contribution < 1.29 is 14.3 Å². The number of benzene rings is 1. The van der Waals surface area contributed by atoms with Crippen LogP contribution in [0.1, 0.15) is 58.6 Å². The van der Waals surface area contributed by atoms with Crippen LogP contribution in [0.4, 0.5) is 4.79 Å². The zero-order valence-corrected chi connectivity index (χ0v) is 15.7. The standard InChI is InChI=1S/C18H24BrNO3/c1-12(21)11-15-9-10-16(13-5-7-14(19)8-6-13)20(15)17(22)23-18(2,3)4/h5-8,15-16H,9-11H2,1-4H3/t15-,16-/m0/s1. The number of Topliss-reactive ketones (excluding diaryl/α,β-unsaturated/α-hetero) is 1. The van der Waals surface area contributed by atoms with E-state index in [2.05, 4.69) is 15.9 Å². The highest BCUT2D eigenvalue weighted by Crippen LogP contribution is 2.38. The van der Waals surface area contributed by atoms with Gasteiger partial charge in [0.05, 0.1) is 6.04 Å². The van der Waals surface area contributed by atoms with Crippen molar-refractivity contribution in [2.24, 2.45) is 0 Å². The summed E-state index contributed by atoms with van der Waals surface area (Å²) < 4.78 is 6.58. The Kier molecular flexibility index (Phi) is 5.50. The van der Waals surface area contributed by atoms with Gasteiger partial charge in [-0.25, -0.2) is 4.79 Å². The first kappa shape index (κ1) is 18.0. The molecular weight excluding hydrogens is 358 g/mol. The second-order valence-electron chi connectivity index (χ2n) is 7.09. The van der Waals surface area contributed by atoms with Crippen LogP contribution in [0.3, 0.4) is 0 Å². The number of nitrogens with zero attached hydrogens (tertiary/aromatic N) is 1. The zero-order valence-electron chi connectivity index (χ0n) is 14.1. The van der Waals surface area contributed by atoms with Gasteiger partial charge in [-0.1, -0.05) is 28.1 Å². The van der Waals surface area contributed by atoms with E-state index in [1.54, 1.807) is 11.8 Å². The van der Waals surface area contributed by atoms with Crippen LogP contribution >= 0.6 is 15.9 Å². The van der Waals surface area contributed by atoms with Crippen molar-refractivity contribution in [3.63, 3.8) is 0 Å². The fourth-order valence-corrected chi connectivity index (χ4v) is 3.28. The third-order valence-electron chi connectivity index (χ3n) is 3.88. The van der Waals surface area contributed by atoms with E-state index in [4.69, 9.17) is 4.74 Å². The first-order valence-corrected chi connectivity index (χ1v) is 8.73. The Morgan fingerprint density at radius 2 is 1.83 bits per heavy atom. The molecule has 1 aromatic carbocycles. The van der Waals surface area contributed by atoms with Crippen molar-refractivity contribution in [1.82, 2.24) is 4.90 Å². The van der Waals surface area contributed by atoms with Crippen LogP contribution in [0.15, 0.2) is 28.7 Å². The Hall–Kier alpha value is -1.36. The largest absolute Gasteiger partial charge is 0.444 e. The molecule has 1 aliphatic heterocycles. The Balaban J connectivity index is 2.27. The number of rotatable bonds is 3. The lowest BCUT2D eigenvalue weighted by Gasteiger charge is -2.32. The number of halogens is 1. The molecule has 2 atom stereocenters. The minimum absolute atomic E-state index is 0.0395. The monoisotopic (exact) mass is 381 g/mol. The van der Waals surface area contributed by atoms with Crippen LogP contribution < -0.4 is 0 Å². The summed E-state index contributed by atoms with van der Waals surface area (Å²) in [5.74, 6) is 0.0972. The molecular formula is C18H24BrNO3. The number of hydrogen-bond acceptors (Lipinski definition) is 3. The third-order valence-corrected chi connectivity index (χ3v) is 4.41. The van der Waals surface area contributed by atoms with Crippen molar-refractivity contribution in [3.8, 4) is 0 Å². The lowest BCUT2D eigenvalue weighted by molar-refractivity contribution is -0.118. The van der Waals surface area contributed by atoms with Crippen LogP contribution in [0.5, 0.6) is 0 Å². The molecule has 5 heteroatoms. The maximum atomic E-state index is 12.7. The molecule has 1 heterocycles. The molecule has 1 aromatic rings. The van der Waals surface area contributed by atoms with Crippen molar-refractivity contribution in [2.45, 2.75) is 64.6 Å². The van der Waals surface area contributed by atoms with Gasteiger partial charge >= 0.3 is 6.09 Å². The second-order valence-corrected chi connectivity index (χ2v) is 8.01. The highest BCUT2D eigenvalue weighted by molar-refractivity contribution is 9.10. The molecule has 1 aliphatic rings. The van der Waals surface area contributed by atoms with Crippen LogP contribution in [-0.4, -0.2) is 28.4 Å². The fraction of sp³-hybridized carbons (Fsp3) is 0.556. The first-order valence-electron chi connectivity index (χ1n) is 7.93. The average Bonchev–Trinajstić information content (AvgIpc) is 2.80. The highest BCUT2D eigenvalue weighted by Gasteiger charge is 2.40. The number of carbonyl (C=O) groups is 2. The Morgan fingerprint density at radius 3 is 2.35 bits per heavy atom. The molecule has 0 spiro atoms. The molecule has 0 radical (unpaired) electrons. The summed E-state index contributed by atoms with van der Waals surface area (Å²) in [5, 5.41) is 0. The van der Waals surface area contributed by atoms with Gasteiger partial charge in [0.2, 0.25) is 0 Å². The molecule has 1 saturated heterocycles. The molecule has 0 unspecified atom stereocenters. The van der Waals surface area contributed by atoms with E-state index in [1.165, 1.54) is 0 Å². The van der Waals surface area contributed by atoms with Gasteiger partial charge in [0, 0.05) is 16.9 Å². The molecule has 23 heavy (non-hydrogen) atoms. The van der Waals surface area contributed by atoms with Crippen molar-refractivity contribution >= 4 is 27.8 Å². The van der Waals surface area contributed by atoms with Gasteiger partial charge in [-0.2, -0.15) is 0 Å². The number of amides is 1. The molecule has 0 saturated carbocycles. The maximum Gasteiger partial charge on any atom is 0.411 e. The molecule has 4 nitrogen and oxygen atoms in total. The summed E-state index contributed by atoms with van der Waals surface area (Å²) in [6.45, 7) is 7.14. The normalized spacial score (nSPS) is 21.3. The molecule has 2 rings (SSSR count). The van der Waals surface area contributed by atoms with Gasteiger partial charge < -0.3 is 4.74 Å². The van der Waals surface area contributed by atoms with E-state index in [9.17, 15) is 9.59 Å². The van der Waals surface area contributed by atoms with E-state index in [-0.39, 0.29) is 24.0 Å². The smallest absolute Gasteiger partial charge is 0.411 e. The van der Waals surface area contributed by atoms with Gasteiger partial charge in [-0.3, -0.25) is 9.69 Å². The minimum Gasteiger partial charge on any atom is -0.444 e. The van der Waals surface area contributed by atoms with E-state index in [0.717, 1.165) is 22.9 Å². The summed E-state index contributed by atoms with van der Waals surface area (Å²) in [7, 11) is 0. The molecule has 0 N–H and O–H groups in total. The summed E-state index contributed by atoms with van der Waals surface area (Å²) in [5.41, 5.74) is 0.523. The van der Waals surface area contributed by atoms with E-state index in [1.807, 2.05) is 45.0 Å². The lowest BCUT2D eigenvalue weighted by Crippen LogP contribution is -2.41. The van der Waals surface area contributed by atoms with E-state index in [0.29, 0.717) is 6.42 Å². The van der Waals surface area contributed by atoms with Gasteiger partial charge in [0.25, 0.3) is 0 Å². The lowest BCUT2D eigenvalue weighted by atomic mass is 10.0. The molecule has 1 fully saturated rings. The van der Waals surface area contributed by atoms with Gasteiger partial charge in [-0.15, -0.1) is 0 Å². The predicted molar refractivity (Wildman–Crippen MR) is 93.3 cm³/mol. The van der Waals surface area contributed by atoms with Crippen molar-refractivity contribution in [1.29, 1.82) is 0 Å². The zero-order chi connectivity index (χ0) is 17.2. The number of hydrogen-bond donors (Lipinski definition) is 0. The number of carbonyl (C=O) groups excluding carboxylic acids is 2. The topological polar surface area (TPSA) is 46.6 Å². The van der Waals surface area contributed by atoms with Gasteiger partial charge in [0.15, 0.2) is 0 Å². The summed E-state index contributed by atoms with van der Waals surface area (Å²) in [4.78, 5) is 26.0. The van der Waals surface area contributed by atoms with Crippen molar-refractivity contribution in [3.05, 3.63) is 34.3 Å². The number of ketones is 1. The Morgan fingerprint density at radius 1 is 1.22 bits per heavy atom. The Bertz CT molecular complexity index is 577. The Labute approximate surface area is 146 Å². The SMILES string of the molecule is CC(=O)C[C@@H]1CC[C@@H](c2ccc(Br)cc2)N1C(=O)OC(C)(C)C. The fourth-order valence-electron chi connectivity index (χ4n) is 3.02. The van der Waals surface area contributed by atoms with Crippen LogP contribution in [-0.2, 0) is 9.53 Å². The van der Waals surface area contributed by atoms with Gasteiger partial charge in [0.1, 0.15) is 11.4 Å². The molecule has 0 bridgehead atoms. The molecule has 126 valence electrons. The third kappa shape index (κ3) is 4.80. The van der Waals surface area contributed by atoms with Crippen LogP contribution in [0.2, 0.25) is 0 Å². The summed E-state index contributed by atoms with van der Waals surface area (Å²) in [6, 6.07) is 7.85. The average molecular weight is 382 g/mol. The van der Waals surface area contributed by atoms with Crippen molar-refractivity contribution in [2.75, 3.05) is 0 Å². The summed E-state index contributed by atoms with van der Waals surface area (Å²) >= 11 is 3.43. The van der Waals surface area contributed by atoms with Crippen LogP contribution in [0, 0.1) is 0 Å². The highest BCUT2D eigenvalue weighted by atomic mass is 79.9. The van der Waals surface area contributed by atoms with Gasteiger partial charge in [-0.05, 0) is 58.2 Å². The van der Waals surface area contributed by atoms with E-state index >= 15 is 0 Å².